The van der Waals surface area contributed by atoms with E-state index < -0.39 is 0 Å². The molecule has 270 valence electrons. The zero-order chi connectivity index (χ0) is 38.2. The Morgan fingerprint density at radius 1 is 0.328 bits per heavy atom. The van der Waals surface area contributed by atoms with Crippen LogP contribution in [0.25, 0.3) is 49.7 Å². The van der Waals surface area contributed by atoms with Gasteiger partial charge in [-0.05, 0) is 111 Å². The summed E-state index contributed by atoms with van der Waals surface area (Å²) < 4.78 is 2.39. The molecule has 4 heteroatoms. The molecule has 0 aliphatic carbocycles. The lowest BCUT2D eigenvalue weighted by Crippen LogP contribution is -2.61. The first-order valence-electron chi connectivity index (χ1n) is 20.1. The van der Waals surface area contributed by atoms with Crippen LogP contribution in [0.15, 0.2) is 218 Å². The third-order valence-electron chi connectivity index (χ3n) is 12.2. The lowest BCUT2D eigenvalue weighted by molar-refractivity contribution is 1.18. The van der Waals surface area contributed by atoms with Gasteiger partial charge in [-0.2, -0.15) is 0 Å². The molecular weight excluding hydrogens is 701 g/mol. The van der Waals surface area contributed by atoms with Gasteiger partial charge in [0.1, 0.15) is 0 Å². The Morgan fingerprint density at radius 3 is 1.55 bits per heavy atom. The summed E-state index contributed by atoms with van der Waals surface area (Å²) in [7, 11) is 0. The second kappa shape index (κ2) is 13.0. The van der Waals surface area contributed by atoms with Crippen molar-refractivity contribution >= 4 is 79.0 Å². The van der Waals surface area contributed by atoms with Gasteiger partial charge in [-0.15, -0.1) is 0 Å². The van der Waals surface area contributed by atoms with Crippen LogP contribution in [0.3, 0.4) is 0 Å². The summed E-state index contributed by atoms with van der Waals surface area (Å²) in [4.78, 5) is 4.90. The van der Waals surface area contributed by atoms with Crippen molar-refractivity contribution in [3.8, 4) is 27.9 Å². The summed E-state index contributed by atoms with van der Waals surface area (Å²) in [6.45, 7) is 0.0658. The molecule has 2 aliphatic rings. The lowest BCUT2D eigenvalue weighted by atomic mass is 9.33. The summed E-state index contributed by atoms with van der Waals surface area (Å²) in [5.41, 5.74) is 19.6. The number of rotatable bonds is 5. The highest BCUT2D eigenvalue weighted by Gasteiger charge is 2.43. The highest BCUT2D eigenvalue weighted by Crippen LogP contribution is 2.44. The van der Waals surface area contributed by atoms with Gasteiger partial charge in [0.15, 0.2) is 0 Å². The van der Waals surface area contributed by atoms with E-state index >= 15 is 0 Å². The van der Waals surface area contributed by atoms with E-state index in [2.05, 4.69) is 233 Å². The van der Waals surface area contributed by atoms with Crippen LogP contribution in [0, 0.1) is 0 Å². The number of hydrogen-bond donors (Lipinski definition) is 0. The van der Waals surface area contributed by atoms with Gasteiger partial charge in [0.05, 0.1) is 11.0 Å². The standard InChI is InChI=1S/C54H36BN3/c1-4-16-40(17-5-1)56-47-25-12-10-22-44(47)53-43(23-14-27-50(53)56)38-32-30-37(31-33-38)39-34-35-49-46(36-39)55-45-24-11-13-26-48(45)57(41-18-6-2-7-19-41)51-28-15-29-52(54(51)55)58(49)42-20-8-3-9-21-42/h1-36H. The van der Waals surface area contributed by atoms with Crippen LogP contribution in [0.4, 0.5) is 34.1 Å². The predicted molar refractivity (Wildman–Crippen MR) is 246 cm³/mol. The number of para-hydroxylation sites is 5. The van der Waals surface area contributed by atoms with Crippen molar-refractivity contribution in [1.82, 2.24) is 4.57 Å². The van der Waals surface area contributed by atoms with Gasteiger partial charge in [-0.25, -0.2) is 0 Å². The Hall–Kier alpha value is -7.56. The minimum absolute atomic E-state index is 0.0658. The fourth-order valence-corrected chi connectivity index (χ4v) is 9.74. The first kappa shape index (κ1) is 32.7. The molecule has 3 nitrogen and oxygen atoms in total. The molecule has 0 unspecified atom stereocenters. The van der Waals surface area contributed by atoms with Crippen molar-refractivity contribution in [2.24, 2.45) is 0 Å². The number of nitrogens with zero attached hydrogens (tertiary/aromatic N) is 3. The minimum Gasteiger partial charge on any atom is -0.311 e. The van der Waals surface area contributed by atoms with Gasteiger partial charge in [0.25, 0.3) is 6.71 Å². The highest BCUT2D eigenvalue weighted by atomic mass is 15.2. The molecule has 1 aromatic heterocycles. The smallest absolute Gasteiger partial charge is 0.252 e. The van der Waals surface area contributed by atoms with Gasteiger partial charge < -0.3 is 14.4 Å². The molecule has 0 N–H and O–H groups in total. The number of anilines is 6. The molecule has 0 bridgehead atoms. The maximum absolute atomic E-state index is 2.46. The van der Waals surface area contributed by atoms with E-state index in [1.54, 1.807) is 0 Å². The maximum Gasteiger partial charge on any atom is 0.252 e. The second-order valence-electron chi connectivity index (χ2n) is 15.3. The number of hydrogen-bond acceptors (Lipinski definition) is 2. The monoisotopic (exact) mass is 737 g/mol. The molecule has 0 saturated heterocycles. The number of benzene rings is 9. The fourth-order valence-electron chi connectivity index (χ4n) is 9.74. The summed E-state index contributed by atoms with van der Waals surface area (Å²) in [6.07, 6.45) is 0. The Bertz CT molecular complexity index is 3160. The summed E-state index contributed by atoms with van der Waals surface area (Å²) in [5.74, 6) is 0. The Kier molecular flexibility index (Phi) is 7.33. The topological polar surface area (TPSA) is 11.4 Å². The number of fused-ring (bicyclic) bond motifs is 7. The van der Waals surface area contributed by atoms with Crippen molar-refractivity contribution in [3.63, 3.8) is 0 Å². The van der Waals surface area contributed by atoms with Crippen LogP contribution >= 0.6 is 0 Å². The van der Waals surface area contributed by atoms with Crippen LogP contribution in [0.2, 0.25) is 0 Å². The molecule has 12 rings (SSSR count). The first-order chi connectivity index (χ1) is 28.8. The van der Waals surface area contributed by atoms with Crippen molar-refractivity contribution in [3.05, 3.63) is 218 Å². The molecule has 0 fully saturated rings. The SMILES string of the molecule is c1ccc(N2c3ccccc3B3c4cc(-c5ccc(-c6cccc7c6c6ccccc6n7-c6ccccc6)cc5)ccc4N(c4ccccc4)c4cccc2c43)cc1. The van der Waals surface area contributed by atoms with Crippen molar-refractivity contribution in [2.75, 3.05) is 9.80 Å². The lowest BCUT2D eigenvalue weighted by Gasteiger charge is -2.44. The zero-order valence-corrected chi connectivity index (χ0v) is 31.7. The molecule has 10 aromatic rings. The van der Waals surface area contributed by atoms with Crippen LogP contribution in [-0.2, 0) is 0 Å². The average molecular weight is 738 g/mol. The minimum atomic E-state index is 0.0658. The predicted octanol–water partition coefficient (Wildman–Crippen LogP) is 12.2. The van der Waals surface area contributed by atoms with Gasteiger partial charge in [0, 0.05) is 50.6 Å². The van der Waals surface area contributed by atoms with E-state index in [1.165, 1.54) is 88.9 Å². The number of aromatic nitrogens is 1. The van der Waals surface area contributed by atoms with E-state index in [4.69, 9.17) is 0 Å². The van der Waals surface area contributed by atoms with Crippen molar-refractivity contribution < 1.29 is 0 Å². The molecular formula is C54H36BN3. The summed E-state index contributed by atoms with van der Waals surface area (Å²) >= 11 is 0. The van der Waals surface area contributed by atoms with Crippen LogP contribution in [-0.4, -0.2) is 11.3 Å². The second-order valence-corrected chi connectivity index (χ2v) is 15.3. The van der Waals surface area contributed by atoms with Crippen LogP contribution in [0.1, 0.15) is 0 Å². The van der Waals surface area contributed by atoms with Crippen LogP contribution < -0.4 is 26.2 Å². The average Bonchev–Trinajstić information content (AvgIpc) is 3.64. The maximum atomic E-state index is 2.46. The molecule has 0 radical (unpaired) electrons. The Morgan fingerprint density at radius 2 is 0.845 bits per heavy atom. The van der Waals surface area contributed by atoms with Gasteiger partial charge in [-0.1, -0.05) is 146 Å². The van der Waals surface area contributed by atoms with Crippen molar-refractivity contribution in [1.29, 1.82) is 0 Å². The van der Waals surface area contributed by atoms with E-state index in [1.807, 2.05) is 0 Å². The molecule has 9 aromatic carbocycles. The van der Waals surface area contributed by atoms with Gasteiger partial charge in [-0.3, -0.25) is 0 Å². The Labute approximate surface area is 338 Å². The Balaban J connectivity index is 1.01. The van der Waals surface area contributed by atoms with E-state index in [-0.39, 0.29) is 6.71 Å². The summed E-state index contributed by atoms with van der Waals surface area (Å²) in [5, 5.41) is 2.54. The van der Waals surface area contributed by atoms with E-state index in [0.717, 1.165) is 11.4 Å². The molecule has 0 amide bonds. The third-order valence-corrected chi connectivity index (χ3v) is 12.2. The highest BCUT2D eigenvalue weighted by molar-refractivity contribution is 7.00. The fraction of sp³-hybridized carbons (Fsp3) is 0. The van der Waals surface area contributed by atoms with Gasteiger partial charge >= 0.3 is 0 Å². The normalized spacial score (nSPS) is 12.7. The van der Waals surface area contributed by atoms with Crippen molar-refractivity contribution in [2.45, 2.75) is 0 Å². The van der Waals surface area contributed by atoms with E-state index in [0.29, 0.717) is 0 Å². The zero-order valence-electron chi connectivity index (χ0n) is 31.7. The largest absolute Gasteiger partial charge is 0.311 e. The third kappa shape index (κ3) is 4.88. The molecule has 0 atom stereocenters. The van der Waals surface area contributed by atoms with Gasteiger partial charge in [0.2, 0.25) is 0 Å². The summed E-state index contributed by atoms with van der Waals surface area (Å²) in [6, 6.07) is 79.8. The first-order valence-corrected chi connectivity index (χ1v) is 20.1. The molecule has 0 saturated carbocycles. The quantitative estimate of drug-likeness (QED) is 0.163. The van der Waals surface area contributed by atoms with Crippen LogP contribution in [0.5, 0.6) is 0 Å². The van der Waals surface area contributed by atoms with E-state index in [9.17, 15) is 0 Å². The molecule has 3 heterocycles. The molecule has 2 aliphatic heterocycles. The molecule has 58 heavy (non-hydrogen) atoms. The molecule has 0 spiro atoms.